The average Bonchev–Trinajstić information content (AvgIpc) is 3.47. The van der Waals surface area contributed by atoms with Crippen molar-refractivity contribution in [2.45, 2.75) is 37.8 Å². The number of carbonyl (C=O) groups excluding carboxylic acids is 2. The fourth-order valence-corrected chi connectivity index (χ4v) is 4.25. The number of hydrogen-bond donors (Lipinski definition) is 3. The summed E-state index contributed by atoms with van der Waals surface area (Å²) in [5.41, 5.74) is 3.53. The van der Waals surface area contributed by atoms with Gasteiger partial charge in [-0.2, -0.15) is 0 Å². The number of imidazole rings is 1. The summed E-state index contributed by atoms with van der Waals surface area (Å²) in [5, 5.41) is 12.2. The van der Waals surface area contributed by atoms with E-state index in [1.54, 1.807) is 6.20 Å². The Balaban J connectivity index is 1.49. The number of hydrogen-bond acceptors (Lipinski definition) is 5. The van der Waals surface area contributed by atoms with Crippen LogP contribution in [0.2, 0.25) is 0 Å². The van der Waals surface area contributed by atoms with E-state index in [4.69, 9.17) is 4.74 Å². The number of amides is 2. The molecule has 9 nitrogen and oxygen atoms in total. The van der Waals surface area contributed by atoms with Crippen LogP contribution in [0.25, 0.3) is 11.1 Å². The molecule has 9 heteroatoms. The summed E-state index contributed by atoms with van der Waals surface area (Å²) in [4.78, 5) is 45.7. The molecular weight excluding hydrogens is 448 g/mol. The van der Waals surface area contributed by atoms with Crippen molar-refractivity contribution in [2.24, 2.45) is 0 Å². The first kappa shape index (κ1) is 24.0. The van der Waals surface area contributed by atoms with Gasteiger partial charge in [0.2, 0.25) is 5.91 Å². The highest BCUT2D eigenvalue weighted by Gasteiger charge is 2.39. The smallest absolute Gasteiger partial charge is 0.407 e. The van der Waals surface area contributed by atoms with Crippen LogP contribution in [0.4, 0.5) is 4.79 Å². The second-order valence-electron chi connectivity index (χ2n) is 9.06. The molecule has 0 unspecified atom stereocenters. The molecular formula is C26H28N4O5. The maximum atomic E-state index is 13.2. The number of aliphatic carboxylic acids is 1. The molecule has 35 heavy (non-hydrogen) atoms. The largest absolute Gasteiger partial charge is 0.480 e. The van der Waals surface area contributed by atoms with Gasteiger partial charge in [0.1, 0.15) is 18.2 Å². The molecule has 1 aromatic heterocycles. The van der Waals surface area contributed by atoms with Crippen molar-refractivity contribution >= 4 is 18.0 Å². The van der Waals surface area contributed by atoms with Crippen LogP contribution in [0, 0.1) is 0 Å². The Hall–Kier alpha value is -4.14. The molecule has 4 rings (SSSR count). The van der Waals surface area contributed by atoms with Gasteiger partial charge in [0, 0.05) is 31.3 Å². The van der Waals surface area contributed by atoms with E-state index in [9.17, 15) is 19.5 Å². The number of carboxylic acids is 1. The predicted molar refractivity (Wildman–Crippen MR) is 129 cm³/mol. The normalized spacial score (nSPS) is 13.5. The highest BCUT2D eigenvalue weighted by molar-refractivity contribution is 5.91. The summed E-state index contributed by atoms with van der Waals surface area (Å²) in [5.74, 6) is -1.83. The molecule has 3 aromatic rings. The van der Waals surface area contributed by atoms with E-state index in [-0.39, 0.29) is 18.9 Å². The van der Waals surface area contributed by atoms with Crippen LogP contribution < -0.4 is 5.32 Å². The molecule has 0 fully saturated rings. The topological polar surface area (TPSA) is 125 Å². The van der Waals surface area contributed by atoms with Gasteiger partial charge >= 0.3 is 12.1 Å². The number of aromatic amines is 1. The van der Waals surface area contributed by atoms with Crippen LogP contribution >= 0.6 is 0 Å². The molecule has 0 aliphatic heterocycles. The Bertz CT molecular complexity index is 1190. The second-order valence-corrected chi connectivity index (χ2v) is 9.06. The number of benzene rings is 2. The third-order valence-electron chi connectivity index (χ3n) is 6.61. The lowest BCUT2D eigenvalue weighted by Gasteiger charge is -2.34. The van der Waals surface area contributed by atoms with E-state index in [0.29, 0.717) is 5.69 Å². The van der Waals surface area contributed by atoms with Crippen molar-refractivity contribution in [3.8, 4) is 11.1 Å². The number of nitrogens with one attached hydrogen (secondary N) is 2. The van der Waals surface area contributed by atoms with Crippen molar-refractivity contribution < 1.29 is 24.2 Å². The summed E-state index contributed by atoms with van der Waals surface area (Å²) in [6.45, 7) is 2.95. The molecule has 2 aromatic carbocycles. The number of aromatic nitrogens is 2. The van der Waals surface area contributed by atoms with Crippen LogP contribution in [0.5, 0.6) is 0 Å². The number of fused-ring (bicyclic) bond motifs is 3. The first-order valence-electron chi connectivity index (χ1n) is 11.3. The zero-order valence-electron chi connectivity index (χ0n) is 19.8. The lowest BCUT2D eigenvalue weighted by molar-refractivity contribution is -0.156. The average molecular weight is 477 g/mol. The van der Waals surface area contributed by atoms with E-state index < -0.39 is 29.6 Å². The maximum Gasteiger partial charge on any atom is 0.407 e. The molecule has 0 spiro atoms. The maximum absolute atomic E-state index is 13.2. The molecule has 0 saturated carbocycles. The van der Waals surface area contributed by atoms with Crippen molar-refractivity contribution in [3.05, 3.63) is 77.9 Å². The van der Waals surface area contributed by atoms with E-state index in [0.717, 1.165) is 27.2 Å². The first-order valence-corrected chi connectivity index (χ1v) is 11.3. The molecule has 0 radical (unpaired) electrons. The Labute approximate surface area is 203 Å². The Morgan fingerprint density at radius 3 is 2.26 bits per heavy atom. The van der Waals surface area contributed by atoms with Gasteiger partial charge in [-0.05, 0) is 36.1 Å². The highest BCUT2D eigenvalue weighted by Crippen LogP contribution is 2.44. The molecule has 3 N–H and O–H groups in total. The monoisotopic (exact) mass is 476 g/mol. The van der Waals surface area contributed by atoms with Gasteiger partial charge in [0.05, 0.1) is 6.33 Å². The summed E-state index contributed by atoms with van der Waals surface area (Å²) < 4.78 is 5.59. The number of ether oxygens (including phenoxy) is 1. The molecule has 0 saturated heterocycles. The zero-order valence-corrected chi connectivity index (χ0v) is 19.8. The molecule has 182 valence electrons. The molecule has 1 aliphatic carbocycles. The summed E-state index contributed by atoms with van der Waals surface area (Å²) in [6.07, 6.45) is 2.35. The van der Waals surface area contributed by atoms with Gasteiger partial charge in [0.25, 0.3) is 0 Å². The number of rotatable bonds is 8. The minimum atomic E-state index is -1.47. The van der Waals surface area contributed by atoms with E-state index in [2.05, 4.69) is 15.3 Å². The number of likely N-dealkylation sites (N-methyl/N-ethyl adjacent to an activating group) is 1. The Morgan fingerprint density at radius 2 is 1.71 bits per heavy atom. The SMILES string of the molecule is CN(C(=O)[C@H](Cc1cnc[nH]1)NC(=O)OCC1c2ccccc2-c2ccccc21)C(C)(C)C(=O)O. The van der Waals surface area contributed by atoms with Crippen LogP contribution in [0.1, 0.15) is 36.6 Å². The molecule has 1 atom stereocenters. The summed E-state index contributed by atoms with van der Waals surface area (Å²) >= 11 is 0. The number of carbonyl (C=O) groups is 3. The third-order valence-corrected chi connectivity index (χ3v) is 6.61. The molecule has 1 aliphatic rings. The van der Waals surface area contributed by atoms with E-state index in [1.165, 1.54) is 27.2 Å². The minimum absolute atomic E-state index is 0.0985. The standard InChI is InChI=1S/C26H28N4O5/c1-26(2,24(32)33)30(3)23(31)22(12-16-13-27-15-28-16)29-25(34)35-14-21-19-10-6-4-8-17(19)18-9-5-7-11-20(18)21/h4-11,13,15,21-22H,12,14H2,1-3H3,(H,27,28)(H,29,34)(H,32,33)/t22-/m0/s1. The lowest BCUT2D eigenvalue weighted by atomic mass is 9.98. The van der Waals surface area contributed by atoms with Gasteiger partial charge < -0.3 is 25.0 Å². The van der Waals surface area contributed by atoms with Gasteiger partial charge in [0.15, 0.2) is 0 Å². The van der Waals surface area contributed by atoms with Crippen LogP contribution in [0.3, 0.4) is 0 Å². The van der Waals surface area contributed by atoms with Crippen molar-refractivity contribution in [1.29, 1.82) is 0 Å². The van der Waals surface area contributed by atoms with Gasteiger partial charge in [-0.1, -0.05) is 48.5 Å². The number of nitrogens with zero attached hydrogens (tertiary/aromatic N) is 2. The van der Waals surface area contributed by atoms with Gasteiger partial charge in [-0.3, -0.25) is 4.79 Å². The van der Waals surface area contributed by atoms with Crippen molar-refractivity contribution in [2.75, 3.05) is 13.7 Å². The zero-order chi connectivity index (χ0) is 25.2. The Kier molecular flexibility index (Phi) is 6.59. The first-order chi connectivity index (χ1) is 16.7. The number of carboxylic acid groups (broad SMARTS) is 1. The Morgan fingerprint density at radius 1 is 1.11 bits per heavy atom. The van der Waals surface area contributed by atoms with Crippen molar-refractivity contribution in [1.82, 2.24) is 20.2 Å². The quantitative estimate of drug-likeness (QED) is 0.459. The highest BCUT2D eigenvalue weighted by atomic mass is 16.5. The fraction of sp³-hybridized carbons (Fsp3) is 0.308. The summed E-state index contributed by atoms with van der Waals surface area (Å²) in [7, 11) is 1.40. The molecule has 1 heterocycles. The molecule has 2 amide bonds. The van der Waals surface area contributed by atoms with Crippen LogP contribution in [-0.4, -0.2) is 63.2 Å². The third kappa shape index (κ3) is 4.75. The predicted octanol–water partition coefficient (Wildman–Crippen LogP) is 3.18. The van der Waals surface area contributed by atoms with E-state index in [1.807, 2.05) is 48.5 Å². The minimum Gasteiger partial charge on any atom is -0.480 e. The number of alkyl carbamates (subject to hydrolysis) is 1. The summed E-state index contributed by atoms with van der Waals surface area (Å²) in [6, 6.07) is 15.0. The van der Waals surface area contributed by atoms with Crippen LogP contribution in [0.15, 0.2) is 61.1 Å². The number of H-pyrrole nitrogens is 1. The van der Waals surface area contributed by atoms with Crippen LogP contribution in [-0.2, 0) is 20.7 Å². The van der Waals surface area contributed by atoms with E-state index >= 15 is 0 Å². The molecule has 0 bridgehead atoms. The fourth-order valence-electron chi connectivity index (χ4n) is 4.25. The van der Waals surface area contributed by atoms with Crippen molar-refractivity contribution in [3.63, 3.8) is 0 Å². The van der Waals surface area contributed by atoms with Gasteiger partial charge in [-0.25, -0.2) is 14.6 Å². The lowest BCUT2D eigenvalue weighted by Crippen LogP contribution is -2.57. The van der Waals surface area contributed by atoms with Gasteiger partial charge in [-0.15, -0.1) is 0 Å². The second kappa shape index (κ2) is 9.61.